The Kier molecular flexibility index (Phi) is 4.66. The summed E-state index contributed by atoms with van der Waals surface area (Å²) in [4.78, 5) is 17.9. The standard InChI is InChI=1S/C25H22N2O/c1-16-8-12-20(13-9-16)26-25(28)22-15-24(19-11-10-17(2)18(3)14-19)27-23-7-5-4-6-21(22)23/h4-15H,1-3H3,(H,26,28). The third kappa shape index (κ3) is 3.52. The fourth-order valence-electron chi connectivity index (χ4n) is 3.25. The molecular formula is C25H22N2O. The van der Waals surface area contributed by atoms with Crippen molar-refractivity contribution in [1.82, 2.24) is 4.98 Å². The summed E-state index contributed by atoms with van der Waals surface area (Å²) in [6.07, 6.45) is 0. The average Bonchev–Trinajstić information content (AvgIpc) is 2.71. The zero-order chi connectivity index (χ0) is 19.7. The molecule has 4 rings (SSSR count). The Bertz CT molecular complexity index is 1180. The van der Waals surface area contributed by atoms with Gasteiger partial charge in [-0.15, -0.1) is 0 Å². The summed E-state index contributed by atoms with van der Waals surface area (Å²) in [5, 5.41) is 3.86. The summed E-state index contributed by atoms with van der Waals surface area (Å²) in [6.45, 7) is 6.20. The number of nitrogens with zero attached hydrogens (tertiary/aromatic N) is 1. The quantitative estimate of drug-likeness (QED) is 0.477. The van der Waals surface area contributed by atoms with Crippen molar-refractivity contribution in [2.45, 2.75) is 20.8 Å². The second kappa shape index (κ2) is 7.28. The lowest BCUT2D eigenvalue weighted by Crippen LogP contribution is -2.13. The molecule has 0 fully saturated rings. The van der Waals surface area contributed by atoms with Gasteiger partial charge >= 0.3 is 0 Å². The number of anilines is 1. The molecule has 1 amide bonds. The second-order valence-electron chi connectivity index (χ2n) is 7.19. The van der Waals surface area contributed by atoms with Gasteiger partial charge in [0, 0.05) is 16.6 Å². The van der Waals surface area contributed by atoms with Crippen molar-refractivity contribution in [2.75, 3.05) is 5.32 Å². The van der Waals surface area contributed by atoms with E-state index < -0.39 is 0 Å². The van der Waals surface area contributed by atoms with Crippen LogP contribution < -0.4 is 5.32 Å². The van der Waals surface area contributed by atoms with Crippen LogP contribution in [-0.2, 0) is 0 Å². The van der Waals surface area contributed by atoms with Crippen LogP contribution in [0.1, 0.15) is 27.0 Å². The molecule has 0 saturated heterocycles. The first kappa shape index (κ1) is 17.9. The first-order valence-corrected chi connectivity index (χ1v) is 9.37. The van der Waals surface area contributed by atoms with E-state index in [1.54, 1.807) is 0 Å². The number of aromatic nitrogens is 1. The number of carbonyl (C=O) groups is 1. The summed E-state index contributed by atoms with van der Waals surface area (Å²) in [6, 6.07) is 23.7. The highest BCUT2D eigenvalue weighted by molar-refractivity contribution is 6.13. The van der Waals surface area contributed by atoms with E-state index in [2.05, 4.69) is 37.4 Å². The van der Waals surface area contributed by atoms with Gasteiger partial charge in [0.15, 0.2) is 0 Å². The van der Waals surface area contributed by atoms with E-state index in [0.29, 0.717) is 5.56 Å². The SMILES string of the molecule is Cc1ccc(NC(=O)c2cc(-c3ccc(C)c(C)c3)nc3ccccc23)cc1. The van der Waals surface area contributed by atoms with E-state index in [9.17, 15) is 4.79 Å². The number of fused-ring (bicyclic) bond motifs is 1. The Morgan fingerprint density at radius 3 is 2.32 bits per heavy atom. The second-order valence-corrected chi connectivity index (χ2v) is 7.19. The van der Waals surface area contributed by atoms with E-state index in [0.717, 1.165) is 33.4 Å². The van der Waals surface area contributed by atoms with Gasteiger partial charge in [0.25, 0.3) is 5.91 Å². The van der Waals surface area contributed by atoms with Crippen LogP contribution in [0, 0.1) is 20.8 Å². The Morgan fingerprint density at radius 1 is 0.821 bits per heavy atom. The van der Waals surface area contributed by atoms with Crippen LogP contribution >= 0.6 is 0 Å². The molecule has 1 N–H and O–H groups in total. The molecule has 0 aliphatic rings. The van der Waals surface area contributed by atoms with Crippen molar-refractivity contribution in [2.24, 2.45) is 0 Å². The highest BCUT2D eigenvalue weighted by Crippen LogP contribution is 2.27. The molecule has 3 aromatic carbocycles. The van der Waals surface area contributed by atoms with E-state index in [1.807, 2.05) is 61.5 Å². The number of hydrogen-bond donors (Lipinski definition) is 1. The van der Waals surface area contributed by atoms with Gasteiger partial charge in [-0.3, -0.25) is 4.79 Å². The van der Waals surface area contributed by atoms with Crippen molar-refractivity contribution in [3.63, 3.8) is 0 Å². The molecule has 28 heavy (non-hydrogen) atoms. The first-order valence-electron chi connectivity index (χ1n) is 9.37. The van der Waals surface area contributed by atoms with E-state index in [1.165, 1.54) is 11.1 Å². The minimum atomic E-state index is -0.132. The average molecular weight is 366 g/mol. The van der Waals surface area contributed by atoms with Gasteiger partial charge in [-0.25, -0.2) is 4.98 Å². The minimum Gasteiger partial charge on any atom is -0.322 e. The number of aryl methyl sites for hydroxylation is 3. The number of hydrogen-bond acceptors (Lipinski definition) is 2. The maximum absolute atomic E-state index is 13.1. The number of amides is 1. The van der Waals surface area contributed by atoms with Crippen molar-refractivity contribution in [3.05, 3.63) is 95.1 Å². The normalized spacial score (nSPS) is 10.8. The first-order chi connectivity index (χ1) is 13.5. The van der Waals surface area contributed by atoms with Gasteiger partial charge in [0.2, 0.25) is 0 Å². The van der Waals surface area contributed by atoms with Gasteiger partial charge in [0.05, 0.1) is 16.8 Å². The number of para-hydroxylation sites is 1. The third-order valence-corrected chi connectivity index (χ3v) is 5.07. The lowest BCUT2D eigenvalue weighted by atomic mass is 10.0. The van der Waals surface area contributed by atoms with Crippen molar-refractivity contribution < 1.29 is 4.79 Å². The fourth-order valence-corrected chi connectivity index (χ4v) is 3.25. The molecule has 3 heteroatoms. The number of carbonyl (C=O) groups excluding carboxylic acids is 1. The summed E-state index contributed by atoms with van der Waals surface area (Å²) >= 11 is 0. The number of rotatable bonds is 3. The van der Waals surface area contributed by atoms with Crippen LogP contribution in [0.5, 0.6) is 0 Å². The van der Waals surface area contributed by atoms with Crippen LogP contribution in [0.25, 0.3) is 22.2 Å². The van der Waals surface area contributed by atoms with Crippen LogP contribution in [-0.4, -0.2) is 10.9 Å². The Balaban J connectivity index is 1.80. The lowest BCUT2D eigenvalue weighted by molar-refractivity contribution is 0.102. The van der Waals surface area contributed by atoms with Crippen molar-refractivity contribution >= 4 is 22.5 Å². The van der Waals surface area contributed by atoms with Gasteiger partial charge in [-0.2, -0.15) is 0 Å². The molecule has 0 spiro atoms. The number of benzene rings is 3. The molecule has 0 aliphatic carbocycles. The smallest absolute Gasteiger partial charge is 0.256 e. The largest absolute Gasteiger partial charge is 0.322 e. The van der Waals surface area contributed by atoms with Gasteiger partial charge in [-0.05, 0) is 62.2 Å². The molecule has 0 saturated carbocycles. The summed E-state index contributed by atoms with van der Waals surface area (Å²) in [5.74, 6) is -0.132. The van der Waals surface area contributed by atoms with E-state index in [-0.39, 0.29) is 5.91 Å². The molecule has 0 unspecified atom stereocenters. The highest BCUT2D eigenvalue weighted by Gasteiger charge is 2.14. The molecule has 3 nitrogen and oxygen atoms in total. The minimum absolute atomic E-state index is 0.132. The summed E-state index contributed by atoms with van der Waals surface area (Å²) in [7, 11) is 0. The van der Waals surface area contributed by atoms with Gasteiger partial charge in [-0.1, -0.05) is 48.0 Å². The molecule has 0 atom stereocenters. The molecule has 138 valence electrons. The van der Waals surface area contributed by atoms with Crippen LogP contribution in [0.15, 0.2) is 72.8 Å². The topological polar surface area (TPSA) is 42.0 Å². The monoisotopic (exact) mass is 366 g/mol. The molecule has 0 aliphatic heterocycles. The van der Waals surface area contributed by atoms with Gasteiger partial charge in [0.1, 0.15) is 0 Å². The Labute approximate surface area is 165 Å². The summed E-state index contributed by atoms with van der Waals surface area (Å²) in [5.41, 5.74) is 7.63. The van der Waals surface area contributed by atoms with Crippen molar-refractivity contribution in [1.29, 1.82) is 0 Å². The Hall–Kier alpha value is -3.46. The van der Waals surface area contributed by atoms with Crippen LogP contribution in [0.3, 0.4) is 0 Å². The zero-order valence-electron chi connectivity index (χ0n) is 16.3. The summed E-state index contributed by atoms with van der Waals surface area (Å²) < 4.78 is 0. The lowest BCUT2D eigenvalue weighted by Gasteiger charge is -2.12. The highest BCUT2D eigenvalue weighted by atomic mass is 16.1. The molecular weight excluding hydrogens is 344 g/mol. The van der Waals surface area contributed by atoms with Crippen molar-refractivity contribution in [3.8, 4) is 11.3 Å². The predicted octanol–water partition coefficient (Wildman–Crippen LogP) is 6.08. The zero-order valence-corrected chi connectivity index (χ0v) is 16.3. The molecule has 4 aromatic rings. The van der Waals surface area contributed by atoms with Gasteiger partial charge < -0.3 is 5.32 Å². The maximum atomic E-state index is 13.1. The molecule has 0 bridgehead atoms. The number of nitrogens with one attached hydrogen (secondary N) is 1. The number of pyridine rings is 1. The third-order valence-electron chi connectivity index (χ3n) is 5.07. The maximum Gasteiger partial charge on any atom is 0.256 e. The van der Waals surface area contributed by atoms with Crippen LogP contribution in [0.2, 0.25) is 0 Å². The van der Waals surface area contributed by atoms with Crippen LogP contribution in [0.4, 0.5) is 5.69 Å². The molecule has 0 radical (unpaired) electrons. The predicted molar refractivity (Wildman–Crippen MR) is 116 cm³/mol. The van der Waals surface area contributed by atoms with E-state index in [4.69, 9.17) is 4.98 Å². The van der Waals surface area contributed by atoms with E-state index >= 15 is 0 Å². The Morgan fingerprint density at radius 2 is 1.57 bits per heavy atom. The molecule has 1 heterocycles. The fraction of sp³-hybridized carbons (Fsp3) is 0.120. The molecule has 1 aromatic heterocycles.